The highest BCUT2D eigenvalue weighted by Gasteiger charge is 2.27. The molecular formula is C22H31N3O3. The van der Waals surface area contributed by atoms with Crippen LogP contribution in [-0.4, -0.2) is 62.3 Å². The van der Waals surface area contributed by atoms with E-state index in [0.717, 1.165) is 36.2 Å². The van der Waals surface area contributed by atoms with Crippen LogP contribution in [0.15, 0.2) is 30.3 Å². The molecule has 0 saturated carbocycles. The fourth-order valence-electron chi connectivity index (χ4n) is 3.61. The van der Waals surface area contributed by atoms with Gasteiger partial charge in [-0.3, -0.25) is 9.69 Å². The molecule has 3 rings (SSSR count). The molecule has 2 aromatic rings. The summed E-state index contributed by atoms with van der Waals surface area (Å²) in [7, 11) is 1.62. The summed E-state index contributed by atoms with van der Waals surface area (Å²) in [6.07, 6.45) is -0.133. The summed E-state index contributed by atoms with van der Waals surface area (Å²) >= 11 is 0. The van der Waals surface area contributed by atoms with Gasteiger partial charge < -0.3 is 14.8 Å². The predicted octanol–water partition coefficient (Wildman–Crippen LogP) is 3.03. The molecule has 0 unspecified atom stereocenters. The molecule has 0 radical (unpaired) electrons. The summed E-state index contributed by atoms with van der Waals surface area (Å²) in [4.78, 5) is 20.0. The minimum Gasteiger partial charge on any atom is -0.383 e. The highest BCUT2D eigenvalue weighted by Crippen LogP contribution is 2.27. The molecule has 152 valence electrons. The van der Waals surface area contributed by atoms with Gasteiger partial charge in [0.2, 0.25) is 0 Å². The largest absolute Gasteiger partial charge is 0.383 e. The van der Waals surface area contributed by atoms with Crippen molar-refractivity contribution in [3.8, 4) is 0 Å². The molecule has 1 aliphatic rings. The van der Waals surface area contributed by atoms with E-state index in [-0.39, 0.29) is 17.4 Å². The monoisotopic (exact) mass is 385 g/mol. The van der Waals surface area contributed by atoms with Crippen molar-refractivity contribution in [3.05, 3.63) is 41.6 Å². The zero-order valence-corrected chi connectivity index (χ0v) is 17.3. The number of amides is 1. The lowest BCUT2D eigenvalue weighted by Gasteiger charge is -2.36. The summed E-state index contributed by atoms with van der Waals surface area (Å²) in [5, 5.41) is 3.77. The number of carbonyl (C=O) groups is 1. The van der Waals surface area contributed by atoms with Crippen LogP contribution in [0.2, 0.25) is 0 Å². The molecule has 6 nitrogen and oxygen atoms in total. The lowest BCUT2D eigenvalue weighted by atomic mass is 9.95. The molecule has 28 heavy (non-hydrogen) atoms. The van der Waals surface area contributed by atoms with E-state index in [4.69, 9.17) is 14.5 Å². The lowest BCUT2D eigenvalue weighted by Crippen LogP contribution is -2.42. The van der Waals surface area contributed by atoms with Crippen LogP contribution < -0.4 is 5.32 Å². The zero-order valence-electron chi connectivity index (χ0n) is 17.3. The quantitative estimate of drug-likeness (QED) is 0.775. The fourth-order valence-corrected chi connectivity index (χ4v) is 3.61. The van der Waals surface area contributed by atoms with Gasteiger partial charge in [-0.2, -0.15) is 0 Å². The Labute approximate surface area is 167 Å². The Kier molecular flexibility index (Phi) is 6.65. The van der Waals surface area contributed by atoms with Crippen molar-refractivity contribution in [2.45, 2.75) is 26.9 Å². The van der Waals surface area contributed by atoms with Crippen molar-refractivity contribution in [2.24, 2.45) is 5.41 Å². The van der Waals surface area contributed by atoms with Crippen LogP contribution in [0, 0.1) is 5.41 Å². The average Bonchev–Trinajstić information content (AvgIpc) is 2.66. The van der Waals surface area contributed by atoms with Gasteiger partial charge in [0, 0.05) is 38.7 Å². The topological polar surface area (TPSA) is 63.7 Å². The van der Waals surface area contributed by atoms with Crippen LogP contribution in [-0.2, 0) is 9.47 Å². The van der Waals surface area contributed by atoms with Crippen LogP contribution in [0.1, 0.15) is 42.9 Å². The highest BCUT2D eigenvalue weighted by molar-refractivity contribution is 6.06. The number of nitrogens with zero attached hydrogens (tertiary/aromatic N) is 2. The van der Waals surface area contributed by atoms with Crippen molar-refractivity contribution in [2.75, 3.05) is 46.5 Å². The summed E-state index contributed by atoms with van der Waals surface area (Å²) in [6, 6.07) is 9.64. The lowest BCUT2D eigenvalue weighted by molar-refractivity contribution is -0.0406. The van der Waals surface area contributed by atoms with E-state index in [9.17, 15) is 4.79 Å². The number of para-hydroxylation sites is 1. The fraction of sp³-hybridized carbons (Fsp3) is 0.545. The molecule has 0 aliphatic carbocycles. The Balaban J connectivity index is 1.88. The summed E-state index contributed by atoms with van der Waals surface area (Å²) in [5.74, 6) is -0.112. The van der Waals surface area contributed by atoms with Gasteiger partial charge in [-0.1, -0.05) is 39.0 Å². The first-order valence-electron chi connectivity index (χ1n) is 9.88. The minimum atomic E-state index is -0.133. The molecule has 6 heteroatoms. The third kappa shape index (κ3) is 5.28. The van der Waals surface area contributed by atoms with E-state index in [2.05, 4.69) is 31.0 Å². The first-order chi connectivity index (χ1) is 13.4. The van der Waals surface area contributed by atoms with Gasteiger partial charge in [-0.25, -0.2) is 4.98 Å². The van der Waals surface area contributed by atoms with E-state index in [1.165, 1.54) is 0 Å². The summed E-state index contributed by atoms with van der Waals surface area (Å²) in [5.41, 5.74) is 2.49. The average molecular weight is 386 g/mol. The standard InChI is InChI=1S/C22H31N3O3/c1-22(2,3)15-25-10-12-28-20(14-25)19-13-17(21(26)23-9-11-27-4)16-7-5-6-8-18(16)24-19/h5-8,13,20H,9-12,14-15H2,1-4H3,(H,23,26)/t20-/m0/s1. The maximum absolute atomic E-state index is 12.8. The van der Waals surface area contributed by atoms with E-state index in [1.807, 2.05) is 30.3 Å². The van der Waals surface area contributed by atoms with Crippen molar-refractivity contribution >= 4 is 16.8 Å². The maximum Gasteiger partial charge on any atom is 0.252 e. The second kappa shape index (κ2) is 8.99. The molecule has 1 saturated heterocycles. The third-order valence-corrected chi connectivity index (χ3v) is 4.75. The van der Waals surface area contributed by atoms with Gasteiger partial charge in [0.25, 0.3) is 5.91 Å². The van der Waals surface area contributed by atoms with E-state index < -0.39 is 0 Å². The van der Waals surface area contributed by atoms with Gasteiger partial charge in [0.05, 0.1) is 30.0 Å². The van der Waals surface area contributed by atoms with Gasteiger partial charge in [-0.05, 0) is 17.5 Å². The second-order valence-corrected chi connectivity index (χ2v) is 8.52. The second-order valence-electron chi connectivity index (χ2n) is 8.52. The molecule has 1 aromatic heterocycles. The molecule has 2 heterocycles. The van der Waals surface area contributed by atoms with Crippen LogP contribution >= 0.6 is 0 Å². The van der Waals surface area contributed by atoms with Crippen molar-refractivity contribution < 1.29 is 14.3 Å². The minimum absolute atomic E-state index is 0.112. The van der Waals surface area contributed by atoms with Crippen LogP contribution in [0.25, 0.3) is 10.9 Å². The number of morpholine rings is 1. The molecule has 1 aliphatic heterocycles. The van der Waals surface area contributed by atoms with E-state index in [0.29, 0.717) is 25.3 Å². The van der Waals surface area contributed by atoms with E-state index >= 15 is 0 Å². The smallest absolute Gasteiger partial charge is 0.252 e. The molecule has 0 spiro atoms. The number of rotatable bonds is 6. The molecule has 1 aromatic carbocycles. The van der Waals surface area contributed by atoms with Crippen LogP contribution in [0.3, 0.4) is 0 Å². The third-order valence-electron chi connectivity index (χ3n) is 4.75. The number of fused-ring (bicyclic) bond motifs is 1. The Morgan fingerprint density at radius 1 is 1.36 bits per heavy atom. The van der Waals surface area contributed by atoms with Crippen LogP contribution in [0.4, 0.5) is 0 Å². The Morgan fingerprint density at radius 3 is 2.89 bits per heavy atom. The van der Waals surface area contributed by atoms with Gasteiger partial charge in [0.15, 0.2) is 0 Å². The first kappa shape index (κ1) is 20.7. The zero-order chi connectivity index (χ0) is 20.1. The normalized spacial score (nSPS) is 18.4. The Hall–Kier alpha value is -2.02. The number of hydrogen-bond acceptors (Lipinski definition) is 5. The molecule has 1 N–H and O–H groups in total. The number of methoxy groups -OCH3 is 1. The predicted molar refractivity (Wildman–Crippen MR) is 111 cm³/mol. The number of ether oxygens (including phenoxy) is 2. The Morgan fingerprint density at radius 2 is 2.14 bits per heavy atom. The van der Waals surface area contributed by atoms with Crippen molar-refractivity contribution in [3.63, 3.8) is 0 Å². The van der Waals surface area contributed by atoms with Crippen molar-refractivity contribution in [1.82, 2.24) is 15.2 Å². The number of aromatic nitrogens is 1. The van der Waals surface area contributed by atoms with Crippen LogP contribution in [0.5, 0.6) is 0 Å². The summed E-state index contributed by atoms with van der Waals surface area (Å²) < 4.78 is 11.1. The maximum atomic E-state index is 12.8. The number of pyridine rings is 1. The van der Waals surface area contributed by atoms with Gasteiger partial charge in [0.1, 0.15) is 6.10 Å². The number of benzene rings is 1. The Bertz CT molecular complexity index is 816. The number of nitrogens with one attached hydrogen (secondary N) is 1. The number of carbonyl (C=O) groups excluding carboxylic acids is 1. The molecule has 1 fully saturated rings. The SMILES string of the molecule is COCCNC(=O)c1cc([C@@H]2CN(CC(C)(C)C)CCO2)nc2ccccc12. The molecule has 0 bridgehead atoms. The highest BCUT2D eigenvalue weighted by atomic mass is 16.5. The molecular weight excluding hydrogens is 354 g/mol. The first-order valence-corrected chi connectivity index (χ1v) is 9.88. The summed E-state index contributed by atoms with van der Waals surface area (Å²) in [6.45, 7) is 11.1. The van der Waals surface area contributed by atoms with Gasteiger partial charge in [-0.15, -0.1) is 0 Å². The van der Waals surface area contributed by atoms with Gasteiger partial charge >= 0.3 is 0 Å². The van der Waals surface area contributed by atoms with E-state index in [1.54, 1.807) is 7.11 Å². The molecule has 1 atom stereocenters. The molecule has 1 amide bonds. The van der Waals surface area contributed by atoms with Crippen molar-refractivity contribution in [1.29, 1.82) is 0 Å². The number of hydrogen-bond donors (Lipinski definition) is 1.